The summed E-state index contributed by atoms with van der Waals surface area (Å²) in [6.45, 7) is 0. The first-order chi connectivity index (χ1) is 8.13. The minimum atomic E-state index is -0.418. The van der Waals surface area contributed by atoms with Crippen LogP contribution in [0.25, 0.3) is 11.3 Å². The van der Waals surface area contributed by atoms with Crippen molar-refractivity contribution < 1.29 is 9.53 Å². The highest BCUT2D eigenvalue weighted by Gasteiger charge is 2.15. The molecular formula is C12H11ClN2O2. The number of hydrogen-bond acceptors (Lipinski definition) is 3. The molecule has 1 aromatic carbocycles. The maximum absolute atomic E-state index is 11.4. The summed E-state index contributed by atoms with van der Waals surface area (Å²) in [6.07, 6.45) is 0. The number of aryl methyl sites for hydroxylation is 1. The Kier molecular flexibility index (Phi) is 3.15. The molecule has 0 atom stereocenters. The Hall–Kier alpha value is -1.81. The molecule has 0 aliphatic heterocycles. The van der Waals surface area contributed by atoms with Crippen molar-refractivity contribution >= 4 is 17.6 Å². The molecule has 0 saturated heterocycles. The van der Waals surface area contributed by atoms with Gasteiger partial charge in [0.1, 0.15) is 5.69 Å². The lowest BCUT2D eigenvalue weighted by molar-refractivity contribution is 0.0588. The third-order valence-electron chi connectivity index (χ3n) is 2.42. The highest BCUT2D eigenvalue weighted by atomic mass is 35.5. The van der Waals surface area contributed by atoms with Crippen LogP contribution in [0.3, 0.4) is 0 Å². The Balaban J connectivity index is 2.49. The molecule has 0 aliphatic carbocycles. The molecule has 0 radical (unpaired) electrons. The summed E-state index contributed by atoms with van der Waals surface area (Å²) in [5, 5.41) is 4.84. The van der Waals surface area contributed by atoms with Gasteiger partial charge in [0.15, 0.2) is 0 Å². The zero-order valence-electron chi connectivity index (χ0n) is 9.48. The zero-order valence-corrected chi connectivity index (χ0v) is 10.2. The van der Waals surface area contributed by atoms with Gasteiger partial charge in [0.2, 0.25) is 0 Å². The maximum Gasteiger partial charge on any atom is 0.356 e. The SMILES string of the molecule is COC(=O)c1cc(-c2ccccc2Cl)nn1C. The van der Waals surface area contributed by atoms with E-state index < -0.39 is 5.97 Å². The third-order valence-corrected chi connectivity index (χ3v) is 2.75. The molecule has 2 rings (SSSR count). The maximum atomic E-state index is 11.4. The predicted octanol–water partition coefficient (Wildman–Crippen LogP) is 2.53. The summed E-state index contributed by atoms with van der Waals surface area (Å²) in [5.74, 6) is -0.418. The molecule has 4 nitrogen and oxygen atoms in total. The number of halogens is 1. The number of carbonyl (C=O) groups excluding carboxylic acids is 1. The molecular weight excluding hydrogens is 240 g/mol. The molecule has 0 aliphatic rings. The lowest BCUT2D eigenvalue weighted by Gasteiger charge is -1.98. The van der Waals surface area contributed by atoms with Gasteiger partial charge in [0.05, 0.1) is 17.8 Å². The first-order valence-electron chi connectivity index (χ1n) is 5.00. The van der Waals surface area contributed by atoms with Crippen LogP contribution < -0.4 is 0 Å². The summed E-state index contributed by atoms with van der Waals surface area (Å²) >= 11 is 6.07. The van der Waals surface area contributed by atoms with Gasteiger partial charge in [-0.15, -0.1) is 0 Å². The topological polar surface area (TPSA) is 44.1 Å². The smallest absolute Gasteiger partial charge is 0.356 e. The highest BCUT2D eigenvalue weighted by Crippen LogP contribution is 2.26. The van der Waals surface area contributed by atoms with Gasteiger partial charge >= 0.3 is 5.97 Å². The second kappa shape index (κ2) is 4.59. The van der Waals surface area contributed by atoms with E-state index in [2.05, 4.69) is 9.84 Å². The molecule has 5 heteroatoms. The predicted molar refractivity (Wildman–Crippen MR) is 65.0 cm³/mol. The second-order valence-corrected chi connectivity index (χ2v) is 3.92. The van der Waals surface area contributed by atoms with E-state index in [0.717, 1.165) is 5.56 Å². The fourth-order valence-corrected chi connectivity index (χ4v) is 1.80. The number of nitrogens with zero attached hydrogens (tertiary/aromatic N) is 2. The van der Waals surface area contributed by atoms with Crippen LogP contribution in [0.2, 0.25) is 5.02 Å². The Morgan fingerprint density at radius 3 is 2.76 bits per heavy atom. The van der Waals surface area contributed by atoms with E-state index in [4.69, 9.17) is 11.6 Å². The molecule has 2 aromatic rings. The molecule has 1 aromatic heterocycles. The number of carbonyl (C=O) groups is 1. The first kappa shape index (κ1) is 11.7. The van der Waals surface area contributed by atoms with Crippen LogP contribution in [0.5, 0.6) is 0 Å². The van der Waals surface area contributed by atoms with E-state index in [1.807, 2.05) is 18.2 Å². The van der Waals surface area contributed by atoms with Crippen LogP contribution in [0.1, 0.15) is 10.5 Å². The van der Waals surface area contributed by atoms with Gasteiger partial charge in [-0.1, -0.05) is 29.8 Å². The molecule has 0 amide bonds. The number of esters is 1. The molecule has 1 heterocycles. The molecule has 0 N–H and O–H groups in total. The Labute approximate surface area is 104 Å². The van der Waals surface area contributed by atoms with Crippen molar-refractivity contribution in [2.75, 3.05) is 7.11 Å². The monoisotopic (exact) mass is 250 g/mol. The molecule has 0 saturated carbocycles. The number of hydrogen-bond donors (Lipinski definition) is 0. The third kappa shape index (κ3) is 2.17. The average molecular weight is 251 g/mol. The van der Waals surface area contributed by atoms with E-state index in [1.165, 1.54) is 11.8 Å². The van der Waals surface area contributed by atoms with Crippen LogP contribution in [-0.4, -0.2) is 22.9 Å². The van der Waals surface area contributed by atoms with Gasteiger partial charge in [0, 0.05) is 12.6 Å². The fourth-order valence-electron chi connectivity index (χ4n) is 1.56. The second-order valence-electron chi connectivity index (χ2n) is 3.51. The molecule has 0 unspecified atom stereocenters. The van der Waals surface area contributed by atoms with Crippen LogP contribution in [0, 0.1) is 0 Å². The average Bonchev–Trinajstić information content (AvgIpc) is 2.71. The van der Waals surface area contributed by atoms with Gasteiger partial charge in [0.25, 0.3) is 0 Å². The minimum absolute atomic E-state index is 0.391. The van der Waals surface area contributed by atoms with Crippen molar-refractivity contribution in [2.24, 2.45) is 7.05 Å². The summed E-state index contributed by atoms with van der Waals surface area (Å²) in [5.41, 5.74) is 1.83. The Morgan fingerprint density at radius 1 is 1.41 bits per heavy atom. The zero-order chi connectivity index (χ0) is 12.4. The van der Waals surface area contributed by atoms with E-state index in [0.29, 0.717) is 16.4 Å². The van der Waals surface area contributed by atoms with Gasteiger partial charge in [-0.25, -0.2) is 4.79 Å². The van der Waals surface area contributed by atoms with Crippen LogP contribution in [0.4, 0.5) is 0 Å². The molecule has 0 spiro atoms. The van der Waals surface area contributed by atoms with E-state index in [9.17, 15) is 4.79 Å². The van der Waals surface area contributed by atoms with Gasteiger partial charge in [-0.2, -0.15) is 5.10 Å². The van der Waals surface area contributed by atoms with Crippen molar-refractivity contribution in [1.29, 1.82) is 0 Å². The molecule has 0 bridgehead atoms. The van der Waals surface area contributed by atoms with Crippen molar-refractivity contribution in [3.63, 3.8) is 0 Å². The number of rotatable bonds is 2. The molecule has 0 fully saturated rings. The lowest BCUT2D eigenvalue weighted by Crippen LogP contribution is -2.07. The summed E-state index contributed by atoms with van der Waals surface area (Å²) in [4.78, 5) is 11.4. The number of ether oxygens (including phenoxy) is 1. The number of methoxy groups -OCH3 is 1. The highest BCUT2D eigenvalue weighted by molar-refractivity contribution is 6.33. The number of benzene rings is 1. The van der Waals surface area contributed by atoms with E-state index in [-0.39, 0.29) is 0 Å². The summed E-state index contributed by atoms with van der Waals surface area (Å²) in [6, 6.07) is 9.01. The lowest BCUT2D eigenvalue weighted by atomic mass is 10.1. The molecule has 17 heavy (non-hydrogen) atoms. The van der Waals surface area contributed by atoms with Crippen LogP contribution in [0.15, 0.2) is 30.3 Å². The van der Waals surface area contributed by atoms with Crippen LogP contribution in [-0.2, 0) is 11.8 Å². The van der Waals surface area contributed by atoms with Gasteiger partial charge < -0.3 is 4.74 Å². The standard InChI is InChI=1S/C12H11ClN2O2/c1-15-11(12(16)17-2)7-10(14-15)8-5-3-4-6-9(8)13/h3-7H,1-2H3. The number of aromatic nitrogens is 2. The largest absolute Gasteiger partial charge is 0.464 e. The fraction of sp³-hybridized carbons (Fsp3) is 0.167. The normalized spacial score (nSPS) is 10.3. The van der Waals surface area contributed by atoms with Crippen molar-refractivity contribution in [2.45, 2.75) is 0 Å². The van der Waals surface area contributed by atoms with Crippen molar-refractivity contribution in [3.05, 3.63) is 41.0 Å². The van der Waals surface area contributed by atoms with Gasteiger partial charge in [-0.05, 0) is 12.1 Å². The summed E-state index contributed by atoms with van der Waals surface area (Å²) < 4.78 is 6.14. The minimum Gasteiger partial charge on any atom is -0.464 e. The summed E-state index contributed by atoms with van der Waals surface area (Å²) in [7, 11) is 3.02. The van der Waals surface area contributed by atoms with Crippen molar-refractivity contribution in [3.8, 4) is 11.3 Å². The molecule has 88 valence electrons. The Morgan fingerprint density at radius 2 is 2.12 bits per heavy atom. The van der Waals surface area contributed by atoms with Crippen molar-refractivity contribution in [1.82, 2.24) is 9.78 Å². The van der Waals surface area contributed by atoms with E-state index >= 15 is 0 Å². The van der Waals surface area contributed by atoms with Gasteiger partial charge in [-0.3, -0.25) is 4.68 Å². The first-order valence-corrected chi connectivity index (χ1v) is 5.38. The van der Waals surface area contributed by atoms with Crippen LogP contribution >= 0.6 is 11.6 Å². The Bertz CT molecular complexity index is 563. The quantitative estimate of drug-likeness (QED) is 0.770. The van der Waals surface area contributed by atoms with E-state index in [1.54, 1.807) is 19.2 Å².